The molecule has 0 amide bonds. The summed E-state index contributed by atoms with van der Waals surface area (Å²) in [6, 6.07) is 5.50. The van der Waals surface area contributed by atoms with E-state index in [9.17, 15) is 12.8 Å². The Morgan fingerprint density at radius 1 is 1.27 bits per heavy atom. The molecule has 26 heavy (non-hydrogen) atoms. The van der Waals surface area contributed by atoms with Gasteiger partial charge in [0.25, 0.3) is 10.0 Å². The number of hydrogen-bond donors (Lipinski definition) is 2. The van der Waals surface area contributed by atoms with E-state index in [1.807, 2.05) is 0 Å². The predicted molar refractivity (Wildman–Crippen MR) is 102 cm³/mol. The number of thiazole rings is 1. The van der Waals surface area contributed by atoms with Crippen LogP contribution in [0.1, 0.15) is 5.56 Å². The van der Waals surface area contributed by atoms with Crippen LogP contribution < -0.4 is 10.5 Å². The van der Waals surface area contributed by atoms with Crippen LogP contribution in [0.15, 0.2) is 35.5 Å². The van der Waals surface area contributed by atoms with Crippen molar-refractivity contribution in [3.05, 3.63) is 51.2 Å². The van der Waals surface area contributed by atoms with Crippen LogP contribution in [0.4, 0.5) is 15.2 Å². The summed E-state index contributed by atoms with van der Waals surface area (Å²) in [5.41, 5.74) is 7.09. The summed E-state index contributed by atoms with van der Waals surface area (Å²) < 4.78 is 40.9. The third kappa shape index (κ3) is 3.75. The van der Waals surface area contributed by atoms with Crippen molar-refractivity contribution in [1.29, 1.82) is 0 Å². The Morgan fingerprint density at radius 3 is 2.65 bits per heavy atom. The number of benzene rings is 1. The lowest BCUT2D eigenvalue weighted by molar-refractivity contribution is 0.597. The zero-order valence-corrected chi connectivity index (χ0v) is 16.3. The van der Waals surface area contributed by atoms with Crippen LogP contribution in [-0.2, 0) is 10.0 Å². The number of nitrogens with two attached hydrogens (primary N) is 1. The Balaban J connectivity index is 1.95. The van der Waals surface area contributed by atoms with Gasteiger partial charge in [0.15, 0.2) is 10.2 Å². The standard InChI is InChI=1S/C15H11Cl2FN4O2S2/c1-7-4-9(19)6-20-14(7)26(23,24)22-15-21-12(13(17)25-15)8-2-3-11(18)10(16)5-8/h2-6H,19H2,1H3,(H,21,22). The second kappa shape index (κ2) is 6.99. The number of aromatic nitrogens is 2. The molecule has 0 atom stereocenters. The van der Waals surface area contributed by atoms with E-state index in [1.54, 1.807) is 6.92 Å². The molecule has 11 heteroatoms. The second-order valence-electron chi connectivity index (χ2n) is 5.27. The summed E-state index contributed by atoms with van der Waals surface area (Å²) >= 11 is 12.8. The highest BCUT2D eigenvalue weighted by Crippen LogP contribution is 2.37. The number of halogens is 3. The van der Waals surface area contributed by atoms with Crippen molar-refractivity contribution in [1.82, 2.24) is 9.97 Å². The van der Waals surface area contributed by atoms with E-state index in [0.717, 1.165) is 11.3 Å². The minimum Gasteiger partial charge on any atom is -0.397 e. The van der Waals surface area contributed by atoms with Crippen LogP contribution in [0, 0.1) is 12.7 Å². The normalized spacial score (nSPS) is 11.5. The number of hydrogen-bond acceptors (Lipinski definition) is 6. The highest BCUT2D eigenvalue weighted by Gasteiger charge is 2.22. The average molecular weight is 433 g/mol. The number of sulfonamides is 1. The molecule has 0 radical (unpaired) electrons. The van der Waals surface area contributed by atoms with Gasteiger partial charge in [0.1, 0.15) is 15.8 Å². The number of anilines is 2. The van der Waals surface area contributed by atoms with Crippen LogP contribution >= 0.6 is 34.5 Å². The first-order chi connectivity index (χ1) is 12.2. The average Bonchev–Trinajstić information content (AvgIpc) is 2.89. The van der Waals surface area contributed by atoms with Gasteiger partial charge in [-0.3, -0.25) is 4.72 Å². The SMILES string of the molecule is Cc1cc(N)cnc1S(=O)(=O)Nc1nc(-c2ccc(F)c(Cl)c2)c(Cl)s1. The first kappa shape index (κ1) is 18.8. The first-order valence-electron chi connectivity index (χ1n) is 7.04. The second-order valence-corrected chi connectivity index (χ2v) is 8.87. The molecule has 0 spiro atoms. The van der Waals surface area contributed by atoms with Gasteiger partial charge >= 0.3 is 0 Å². The molecule has 0 aliphatic rings. The molecule has 3 rings (SSSR count). The van der Waals surface area contributed by atoms with Crippen molar-refractivity contribution < 1.29 is 12.8 Å². The summed E-state index contributed by atoms with van der Waals surface area (Å²) in [4.78, 5) is 8.04. The zero-order valence-electron chi connectivity index (χ0n) is 13.1. The van der Waals surface area contributed by atoms with Crippen molar-refractivity contribution >= 4 is 55.4 Å². The fraction of sp³-hybridized carbons (Fsp3) is 0.0667. The molecule has 3 aromatic rings. The topological polar surface area (TPSA) is 98.0 Å². The van der Waals surface area contributed by atoms with Gasteiger partial charge in [0.05, 0.1) is 16.9 Å². The summed E-state index contributed by atoms with van der Waals surface area (Å²) in [6.07, 6.45) is 1.25. The van der Waals surface area contributed by atoms with E-state index in [-0.39, 0.29) is 19.5 Å². The van der Waals surface area contributed by atoms with Crippen molar-refractivity contribution in [2.24, 2.45) is 0 Å². The van der Waals surface area contributed by atoms with Crippen LogP contribution in [0.2, 0.25) is 9.36 Å². The molecule has 0 fully saturated rings. The molecule has 0 saturated carbocycles. The Kier molecular flexibility index (Phi) is 5.07. The van der Waals surface area contributed by atoms with Crippen LogP contribution in [0.5, 0.6) is 0 Å². The molecule has 0 bridgehead atoms. The van der Waals surface area contributed by atoms with Gasteiger partial charge in [-0.1, -0.05) is 34.5 Å². The maximum absolute atomic E-state index is 13.3. The Labute approximate surface area is 162 Å². The van der Waals surface area contributed by atoms with E-state index in [1.165, 1.54) is 30.5 Å². The van der Waals surface area contributed by atoms with E-state index in [4.69, 9.17) is 28.9 Å². The number of nitrogen functional groups attached to an aromatic ring is 1. The Hall–Kier alpha value is -1.94. The Morgan fingerprint density at radius 2 is 2.00 bits per heavy atom. The van der Waals surface area contributed by atoms with E-state index in [2.05, 4.69) is 14.7 Å². The highest BCUT2D eigenvalue weighted by atomic mass is 35.5. The monoisotopic (exact) mass is 432 g/mol. The maximum atomic E-state index is 13.3. The van der Waals surface area contributed by atoms with E-state index in [0.29, 0.717) is 22.5 Å². The molecule has 3 N–H and O–H groups in total. The highest BCUT2D eigenvalue weighted by molar-refractivity contribution is 7.92. The number of nitrogens with one attached hydrogen (secondary N) is 1. The van der Waals surface area contributed by atoms with Crippen LogP contribution in [0.3, 0.4) is 0 Å². The molecular weight excluding hydrogens is 422 g/mol. The van der Waals surface area contributed by atoms with Gasteiger partial charge in [-0.25, -0.2) is 14.4 Å². The van der Waals surface area contributed by atoms with E-state index < -0.39 is 15.8 Å². The minimum atomic E-state index is -3.97. The largest absolute Gasteiger partial charge is 0.397 e. The summed E-state index contributed by atoms with van der Waals surface area (Å²) in [6.45, 7) is 1.58. The maximum Gasteiger partial charge on any atom is 0.281 e. The molecule has 1 aromatic carbocycles. The van der Waals surface area contributed by atoms with Crippen LogP contribution in [-0.4, -0.2) is 18.4 Å². The van der Waals surface area contributed by atoms with Crippen molar-refractivity contribution in [3.63, 3.8) is 0 Å². The third-order valence-electron chi connectivity index (χ3n) is 3.31. The van der Waals surface area contributed by atoms with Crippen molar-refractivity contribution in [2.45, 2.75) is 11.9 Å². The Bertz CT molecular complexity index is 1100. The summed E-state index contributed by atoms with van der Waals surface area (Å²) in [5, 5.41) is -0.205. The fourth-order valence-corrected chi connectivity index (χ4v) is 4.86. The lowest BCUT2D eigenvalue weighted by Crippen LogP contribution is -2.16. The van der Waals surface area contributed by atoms with Crippen molar-refractivity contribution in [3.8, 4) is 11.3 Å². The third-order valence-corrected chi connectivity index (χ3v) is 6.29. The quantitative estimate of drug-likeness (QED) is 0.638. The van der Waals surface area contributed by atoms with Gasteiger partial charge in [0, 0.05) is 5.56 Å². The molecule has 6 nitrogen and oxygen atoms in total. The molecule has 0 unspecified atom stereocenters. The first-order valence-corrected chi connectivity index (χ1v) is 10.1. The van der Waals surface area contributed by atoms with Crippen LogP contribution in [0.25, 0.3) is 11.3 Å². The predicted octanol–water partition coefficient (Wildman–Crippen LogP) is 4.34. The van der Waals surface area contributed by atoms with Gasteiger partial charge < -0.3 is 5.73 Å². The molecular formula is C15H11Cl2FN4O2S2. The lowest BCUT2D eigenvalue weighted by atomic mass is 10.2. The van der Waals surface area contributed by atoms with Gasteiger partial charge in [-0.15, -0.1) is 0 Å². The van der Waals surface area contributed by atoms with E-state index >= 15 is 0 Å². The number of aryl methyl sites for hydroxylation is 1. The molecule has 0 aliphatic carbocycles. The molecule has 0 saturated heterocycles. The minimum absolute atomic E-state index is 0.0449. The van der Waals surface area contributed by atoms with Gasteiger partial charge in [-0.05, 0) is 36.8 Å². The van der Waals surface area contributed by atoms with Gasteiger partial charge in [-0.2, -0.15) is 8.42 Å². The zero-order chi connectivity index (χ0) is 19.1. The molecule has 136 valence electrons. The molecule has 2 heterocycles. The fourth-order valence-electron chi connectivity index (χ4n) is 2.20. The number of nitrogens with zero attached hydrogens (tertiary/aromatic N) is 2. The number of rotatable bonds is 4. The van der Waals surface area contributed by atoms with Crippen molar-refractivity contribution in [2.75, 3.05) is 10.5 Å². The summed E-state index contributed by atoms with van der Waals surface area (Å²) in [5.74, 6) is -0.576. The smallest absolute Gasteiger partial charge is 0.281 e. The number of pyridine rings is 1. The van der Waals surface area contributed by atoms with Gasteiger partial charge in [0.2, 0.25) is 0 Å². The molecule has 2 aromatic heterocycles. The molecule has 0 aliphatic heterocycles. The summed E-state index contributed by atoms with van der Waals surface area (Å²) in [7, 11) is -3.97. The lowest BCUT2D eigenvalue weighted by Gasteiger charge is -2.07.